The first-order chi connectivity index (χ1) is 10.1. The highest BCUT2D eigenvalue weighted by atomic mass is 32.2. The molecule has 21 heavy (non-hydrogen) atoms. The summed E-state index contributed by atoms with van der Waals surface area (Å²) in [5, 5.41) is 11.5. The lowest BCUT2D eigenvalue weighted by Gasteiger charge is -2.13. The molecular formula is C16H20FNO2S. The van der Waals surface area contributed by atoms with Crippen LogP contribution in [-0.4, -0.2) is 35.7 Å². The zero-order chi connectivity index (χ0) is 15.7. The highest BCUT2D eigenvalue weighted by Gasteiger charge is 2.11. The number of carbonyl (C=O) groups is 1. The second-order valence-corrected chi connectivity index (χ2v) is 5.61. The summed E-state index contributed by atoms with van der Waals surface area (Å²) in [6, 6.07) is 4.29. The average Bonchev–Trinajstić information content (AvgIpc) is 2.46. The van der Waals surface area contributed by atoms with E-state index >= 15 is 0 Å². The number of hydrogen-bond acceptors (Lipinski definition) is 3. The second-order valence-electron chi connectivity index (χ2n) is 4.63. The second kappa shape index (κ2) is 9.43. The molecule has 1 rings (SSSR count). The normalized spacial score (nSPS) is 11.4. The van der Waals surface area contributed by atoms with Crippen LogP contribution in [0.25, 0.3) is 0 Å². The lowest BCUT2D eigenvalue weighted by molar-refractivity contribution is 0.0939. The van der Waals surface area contributed by atoms with Crippen molar-refractivity contribution in [1.82, 2.24) is 5.32 Å². The Hall–Kier alpha value is -1.51. The van der Waals surface area contributed by atoms with Crippen LogP contribution in [0.4, 0.5) is 4.39 Å². The molecule has 0 aromatic heterocycles. The van der Waals surface area contributed by atoms with Crippen molar-refractivity contribution >= 4 is 17.7 Å². The highest BCUT2D eigenvalue weighted by Crippen LogP contribution is 2.10. The molecule has 1 atom stereocenters. The van der Waals surface area contributed by atoms with Gasteiger partial charge in [-0.15, -0.1) is 0 Å². The minimum absolute atomic E-state index is 0.0525. The Kier molecular flexibility index (Phi) is 7.88. The first-order valence-corrected chi connectivity index (χ1v) is 8.17. The van der Waals surface area contributed by atoms with Crippen molar-refractivity contribution in [3.05, 3.63) is 35.1 Å². The fraction of sp³-hybridized carbons (Fsp3) is 0.438. The summed E-state index contributed by atoms with van der Waals surface area (Å²) >= 11 is 1.72. The third-order valence-corrected chi connectivity index (χ3v) is 3.47. The predicted molar refractivity (Wildman–Crippen MR) is 84.9 cm³/mol. The molecule has 0 saturated carbocycles. The Morgan fingerprint density at radius 1 is 1.52 bits per heavy atom. The Bertz CT molecular complexity index is 537. The van der Waals surface area contributed by atoms with Crippen LogP contribution in [0.15, 0.2) is 18.2 Å². The van der Waals surface area contributed by atoms with Gasteiger partial charge in [-0.3, -0.25) is 4.79 Å². The molecule has 0 heterocycles. The number of rotatable bonds is 6. The fourth-order valence-corrected chi connectivity index (χ4v) is 2.23. The molecule has 114 valence electrons. The fourth-order valence-electron chi connectivity index (χ4n) is 1.65. The lowest BCUT2D eigenvalue weighted by Crippen LogP contribution is -2.33. The van der Waals surface area contributed by atoms with E-state index in [-0.39, 0.29) is 29.7 Å². The van der Waals surface area contributed by atoms with E-state index in [1.165, 1.54) is 12.1 Å². The topological polar surface area (TPSA) is 49.3 Å². The third kappa shape index (κ3) is 6.19. The van der Waals surface area contributed by atoms with E-state index in [4.69, 9.17) is 5.11 Å². The predicted octanol–water partition coefficient (Wildman–Crippen LogP) is 2.43. The number of carbonyl (C=O) groups excluding carboxylic acids is 1. The van der Waals surface area contributed by atoms with Crippen LogP contribution < -0.4 is 5.32 Å². The molecule has 0 saturated heterocycles. The molecular weight excluding hydrogens is 289 g/mol. The Balaban J connectivity index is 2.70. The summed E-state index contributed by atoms with van der Waals surface area (Å²) in [6.45, 7) is 1.88. The van der Waals surface area contributed by atoms with E-state index in [0.717, 1.165) is 12.2 Å². The van der Waals surface area contributed by atoms with E-state index in [2.05, 4.69) is 17.2 Å². The van der Waals surface area contributed by atoms with Crippen molar-refractivity contribution in [1.29, 1.82) is 0 Å². The molecule has 0 radical (unpaired) electrons. The van der Waals surface area contributed by atoms with Crippen LogP contribution >= 0.6 is 11.8 Å². The molecule has 1 amide bonds. The molecule has 2 N–H and O–H groups in total. The van der Waals surface area contributed by atoms with Crippen LogP contribution in [0, 0.1) is 17.7 Å². The minimum atomic E-state index is -0.523. The molecule has 0 aliphatic heterocycles. The number of aliphatic hydroxyl groups excluding tert-OH is 1. The van der Waals surface area contributed by atoms with Crippen LogP contribution in [0.5, 0.6) is 0 Å². The molecule has 5 heteroatoms. The van der Waals surface area contributed by atoms with Gasteiger partial charge in [0.05, 0.1) is 12.2 Å². The van der Waals surface area contributed by atoms with Gasteiger partial charge in [-0.1, -0.05) is 11.8 Å². The molecule has 1 unspecified atom stereocenters. The van der Waals surface area contributed by atoms with Gasteiger partial charge in [-0.05, 0) is 43.6 Å². The Morgan fingerprint density at radius 3 is 2.90 bits per heavy atom. The van der Waals surface area contributed by atoms with E-state index in [0.29, 0.717) is 6.42 Å². The smallest absolute Gasteiger partial charge is 0.251 e. The van der Waals surface area contributed by atoms with Gasteiger partial charge in [-0.2, -0.15) is 11.8 Å². The largest absolute Gasteiger partial charge is 0.395 e. The highest BCUT2D eigenvalue weighted by molar-refractivity contribution is 7.98. The molecule has 0 aliphatic rings. The zero-order valence-electron chi connectivity index (χ0n) is 12.3. The zero-order valence-corrected chi connectivity index (χ0v) is 13.1. The van der Waals surface area contributed by atoms with Gasteiger partial charge in [0.15, 0.2) is 0 Å². The molecule has 1 aromatic carbocycles. The summed E-state index contributed by atoms with van der Waals surface area (Å²) in [5.74, 6) is 5.45. The van der Waals surface area contributed by atoms with Gasteiger partial charge in [0.2, 0.25) is 0 Å². The summed E-state index contributed by atoms with van der Waals surface area (Å²) in [7, 11) is 0. The number of thioether (sulfide) groups is 1. The SMILES string of the molecule is CSCCC(C)NC(=O)c1ccc(C#CCCO)c(F)c1. The van der Waals surface area contributed by atoms with Gasteiger partial charge >= 0.3 is 0 Å². The Labute approximate surface area is 129 Å². The minimum Gasteiger partial charge on any atom is -0.395 e. The monoisotopic (exact) mass is 309 g/mol. The van der Waals surface area contributed by atoms with Crippen molar-refractivity contribution in [2.24, 2.45) is 0 Å². The number of aliphatic hydroxyl groups is 1. The maximum Gasteiger partial charge on any atom is 0.251 e. The maximum absolute atomic E-state index is 13.8. The van der Waals surface area contributed by atoms with E-state index in [1.54, 1.807) is 17.8 Å². The van der Waals surface area contributed by atoms with Crippen molar-refractivity contribution in [3.63, 3.8) is 0 Å². The maximum atomic E-state index is 13.8. The van der Waals surface area contributed by atoms with E-state index < -0.39 is 5.82 Å². The van der Waals surface area contributed by atoms with Crippen molar-refractivity contribution < 1.29 is 14.3 Å². The van der Waals surface area contributed by atoms with Crippen LogP contribution in [0.2, 0.25) is 0 Å². The molecule has 0 aliphatic carbocycles. The molecule has 0 bridgehead atoms. The first kappa shape index (κ1) is 17.5. The summed E-state index contributed by atoms with van der Waals surface area (Å²) < 4.78 is 13.8. The van der Waals surface area contributed by atoms with Crippen LogP contribution in [-0.2, 0) is 0 Å². The Morgan fingerprint density at radius 2 is 2.29 bits per heavy atom. The van der Waals surface area contributed by atoms with Gasteiger partial charge < -0.3 is 10.4 Å². The van der Waals surface area contributed by atoms with Gasteiger partial charge in [-0.25, -0.2) is 4.39 Å². The van der Waals surface area contributed by atoms with Crippen LogP contribution in [0.3, 0.4) is 0 Å². The number of nitrogens with one attached hydrogen (secondary N) is 1. The molecule has 0 fully saturated rings. The van der Waals surface area contributed by atoms with Crippen molar-refractivity contribution in [2.45, 2.75) is 25.8 Å². The number of halogens is 1. The summed E-state index contributed by atoms with van der Waals surface area (Å²) in [6.07, 6.45) is 3.19. The van der Waals surface area contributed by atoms with Crippen LogP contribution in [0.1, 0.15) is 35.7 Å². The third-order valence-electron chi connectivity index (χ3n) is 2.82. The van der Waals surface area contributed by atoms with Crippen molar-refractivity contribution in [2.75, 3.05) is 18.6 Å². The summed E-state index contributed by atoms with van der Waals surface area (Å²) in [5.41, 5.74) is 0.520. The average molecular weight is 309 g/mol. The quantitative estimate of drug-likeness (QED) is 0.794. The van der Waals surface area contributed by atoms with Gasteiger partial charge in [0, 0.05) is 18.0 Å². The standard InChI is InChI=1S/C16H20FNO2S/c1-12(8-10-21-2)18-16(20)14-7-6-13(15(17)11-14)5-3-4-9-19/h6-7,11-12,19H,4,8-10H2,1-2H3,(H,18,20). The molecule has 1 aromatic rings. The van der Waals surface area contributed by atoms with Gasteiger partial charge in [0.1, 0.15) is 5.82 Å². The van der Waals surface area contributed by atoms with Gasteiger partial charge in [0.25, 0.3) is 5.91 Å². The molecule has 3 nitrogen and oxygen atoms in total. The van der Waals surface area contributed by atoms with E-state index in [9.17, 15) is 9.18 Å². The van der Waals surface area contributed by atoms with E-state index in [1.807, 2.05) is 13.2 Å². The number of amides is 1. The summed E-state index contributed by atoms with van der Waals surface area (Å²) in [4.78, 5) is 12.0. The molecule has 0 spiro atoms. The number of hydrogen-bond donors (Lipinski definition) is 2. The van der Waals surface area contributed by atoms with Crippen molar-refractivity contribution in [3.8, 4) is 11.8 Å². The lowest BCUT2D eigenvalue weighted by atomic mass is 10.1. The number of benzene rings is 1. The first-order valence-electron chi connectivity index (χ1n) is 6.77.